The summed E-state index contributed by atoms with van der Waals surface area (Å²) < 4.78 is 4.62. The highest BCUT2D eigenvalue weighted by atomic mass is 16.6. The number of unbranched alkanes of at least 4 members (excludes halogenated alkanes) is 2. The van der Waals surface area contributed by atoms with E-state index in [1.807, 2.05) is 0 Å². The number of carbonyl (C=O) groups is 2. The van der Waals surface area contributed by atoms with E-state index in [1.165, 1.54) is 0 Å². The van der Waals surface area contributed by atoms with Crippen LogP contribution in [0.4, 0.5) is 0 Å². The second-order valence-corrected chi connectivity index (χ2v) is 3.60. The number of aliphatic carboxylic acids is 1. The van der Waals surface area contributed by atoms with Crippen molar-refractivity contribution in [2.45, 2.75) is 25.7 Å². The van der Waals surface area contributed by atoms with Crippen LogP contribution >= 0.6 is 0 Å². The van der Waals surface area contributed by atoms with Crippen LogP contribution in [0.1, 0.15) is 25.7 Å². The molecule has 6 nitrogen and oxygen atoms in total. The van der Waals surface area contributed by atoms with Gasteiger partial charge in [-0.2, -0.15) is 0 Å². The van der Waals surface area contributed by atoms with Gasteiger partial charge < -0.3 is 20.1 Å². The van der Waals surface area contributed by atoms with E-state index in [0.717, 1.165) is 6.42 Å². The SMILES string of the molecule is O=C(O)/C=C1\OC(=O)C(CCCCCO)=C1O. The van der Waals surface area contributed by atoms with E-state index >= 15 is 0 Å². The molecule has 0 spiro atoms. The molecule has 0 amide bonds. The van der Waals surface area contributed by atoms with E-state index in [9.17, 15) is 14.7 Å². The summed E-state index contributed by atoms with van der Waals surface area (Å²) in [5.41, 5.74) is 0.0930. The molecule has 17 heavy (non-hydrogen) atoms. The summed E-state index contributed by atoms with van der Waals surface area (Å²) in [6.45, 7) is 0.0830. The van der Waals surface area contributed by atoms with Crippen LogP contribution in [0.25, 0.3) is 0 Å². The van der Waals surface area contributed by atoms with Crippen molar-refractivity contribution in [2.24, 2.45) is 0 Å². The highest BCUT2D eigenvalue weighted by molar-refractivity contribution is 5.95. The van der Waals surface area contributed by atoms with Crippen molar-refractivity contribution in [3.05, 3.63) is 23.2 Å². The molecule has 0 unspecified atom stereocenters. The van der Waals surface area contributed by atoms with Crippen molar-refractivity contribution in [3.8, 4) is 0 Å². The van der Waals surface area contributed by atoms with Gasteiger partial charge in [-0.15, -0.1) is 0 Å². The first-order valence-corrected chi connectivity index (χ1v) is 5.26. The molecule has 1 aliphatic heterocycles. The molecular formula is C11H14O6. The van der Waals surface area contributed by atoms with E-state index < -0.39 is 17.7 Å². The number of hydrogen-bond donors (Lipinski definition) is 3. The summed E-state index contributed by atoms with van der Waals surface area (Å²) >= 11 is 0. The first-order valence-electron chi connectivity index (χ1n) is 5.26. The fraction of sp³-hybridized carbons (Fsp3) is 0.455. The van der Waals surface area contributed by atoms with Gasteiger partial charge in [0.15, 0.2) is 11.5 Å². The third-order valence-electron chi connectivity index (χ3n) is 2.31. The van der Waals surface area contributed by atoms with Gasteiger partial charge in [-0.1, -0.05) is 6.42 Å². The Morgan fingerprint density at radius 2 is 2.00 bits per heavy atom. The molecule has 94 valence electrons. The second kappa shape index (κ2) is 6.05. The minimum Gasteiger partial charge on any atom is -0.504 e. The predicted molar refractivity (Wildman–Crippen MR) is 57.0 cm³/mol. The Kier molecular flexibility index (Phi) is 4.71. The number of aliphatic hydroxyl groups is 2. The Labute approximate surface area is 97.8 Å². The second-order valence-electron chi connectivity index (χ2n) is 3.60. The number of carboxylic acid groups (broad SMARTS) is 1. The van der Waals surface area contributed by atoms with Crippen LogP contribution in [0.2, 0.25) is 0 Å². The summed E-state index contributed by atoms with van der Waals surface area (Å²) in [6, 6.07) is 0. The molecule has 0 aromatic heterocycles. The third-order valence-corrected chi connectivity index (χ3v) is 2.31. The maximum Gasteiger partial charge on any atom is 0.343 e. The lowest BCUT2D eigenvalue weighted by atomic mass is 10.1. The number of esters is 1. The van der Waals surface area contributed by atoms with Crippen LogP contribution in [-0.4, -0.2) is 33.9 Å². The monoisotopic (exact) mass is 242 g/mol. The minimum atomic E-state index is -1.29. The lowest BCUT2D eigenvalue weighted by molar-refractivity contribution is -0.133. The van der Waals surface area contributed by atoms with Gasteiger partial charge in [-0.25, -0.2) is 9.59 Å². The van der Waals surface area contributed by atoms with Gasteiger partial charge in [0.05, 0.1) is 11.6 Å². The molecule has 0 atom stereocenters. The summed E-state index contributed by atoms with van der Waals surface area (Å²) in [5, 5.41) is 26.6. The van der Waals surface area contributed by atoms with E-state index in [-0.39, 0.29) is 17.9 Å². The number of carboxylic acids is 1. The van der Waals surface area contributed by atoms with Crippen LogP contribution in [0.3, 0.4) is 0 Å². The molecule has 0 radical (unpaired) electrons. The maximum absolute atomic E-state index is 11.3. The molecule has 6 heteroatoms. The largest absolute Gasteiger partial charge is 0.504 e. The Hall–Kier alpha value is -1.82. The van der Waals surface area contributed by atoms with E-state index in [4.69, 9.17) is 10.2 Å². The van der Waals surface area contributed by atoms with Crippen molar-refractivity contribution in [3.63, 3.8) is 0 Å². The highest BCUT2D eigenvalue weighted by Gasteiger charge is 2.29. The summed E-state index contributed by atoms with van der Waals surface area (Å²) in [6.07, 6.45) is 2.92. The van der Waals surface area contributed by atoms with E-state index in [1.54, 1.807) is 0 Å². The standard InChI is InChI=1S/C11H14O6/c12-5-3-1-2-4-7-10(15)8(6-9(13)14)17-11(7)16/h6,12,15H,1-5H2,(H,13,14)/b8-6-. The first-order chi connectivity index (χ1) is 8.06. The van der Waals surface area contributed by atoms with Crippen molar-refractivity contribution >= 4 is 11.9 Å². The van der Waals surface area contributed by atoms with Crippen molar-refractivity contribution in [1.82, 2.24) is 0 Å². The summed E-state index contributed by atoms with van der Waals surface area (Å²) in [7, 11) is 0. The van der Waals surface area contributed by atoms with Crippen molar-refractivity contribution in [2.75, 3.05) is 6.61 Å². The van der Waals surface area contributed by atoms with Crippen LogP contribution in [0.5, 0.6) is 0 Å². The summed E-state index contributed by atoms with van der Waals surface area (Å²) in [4.78, 5) is 21.7. The summed E-state index contributed by atoms with van der Waals surface area (Å²) in [5.74, 6) is -2.72. The molecule has 0 aliphatic carbocycles. The van der Waals surface area contributed by atoms with Crippen molar-refractivity contribution in [1.29, 1.82) is 0 Å². The Morgan fingerprint density at radius 1 is 1.29 bits per heavy atom. The fourth-order valence-electron chi connectivity index (χ4n) is 1.48. The van der Waals surface area contributed by atoms with Crippen LogP contribution < -0.4 is 0 Å². The van der Waals surface area contributed by atoms with Crippen LogP contribution in [0, 0.1) is 0 Å². The molecule has 0 saturated heterocycles. The number of aliphatic hydroxyl groups excluding tert-OH is 2. The van der Waals surface area contributed by atoms with Gasteiger partial charge in [0.2, 0.25) is 0 Å². The zero-order chi connectivity index (χ0) is 12.8. The Bertz CT molecular complexity index is 379. The molecule has 0 aromatic rings. The average molecular weight is 242 g/mol. The van der Waals surface area contributed by atoms with Crippen LogP contribution in [0.15, 0.2) is 23.2 Å². The van der Waals surface area contributed by atoms with Gasteiger partial charge in [0, 0.05) is 6.61 Å². The number of carbonyl (C=O) groups excluding carboxylic acids is 1. The van der Waals surface area contributed by atoms with Gasteiger partial charge in [-0.3, -0.25) is 0 Å². The minimum absolute atomic E-state index is 0.0830. The fourth-order valence-corrected chi connectivity index (χ4v) is 1.48. The molecule has 3 N–H and O–H groups in total. The van der Waals surface area contributed by atoms with Crippen LogP contribution in [-0.2, 0) is 14.3 Å². The maximum atomic E-state index is 11.3. The highest BCUT2D eigenvalue weighted by Crippen LogP contribution is 2.27. The quantitative estimate of drug-likeness (QED) is 0.363. The van der Waals surface area contributed by atoms with Gasteiger partial charge in [-0.05, 0) is 19.3 Å². The molecule has 1 heterocycles. The molecule has 1 aliphatic rings. The lowest BCUT2D eigenvalue weighted by Crippen LogP contribution is -2.00. The number of rotatable bonds is 6. The zero-order valence-electron chi connectivity index (χ0n) is 9.18. The number of cyclic esters (lactones) is 1. The third kappa shape index (κ3) is 3.60. The van der Waals surface area contributed by atoms with Crippen molar-refractivity contribution < 1.29 is 29.6 Å². The average Bonchev–Trinajstić information content (AvgIpc) is 2.50. The first kappa shape index (κ1) is 13.2. The zero-order valence-corrected chi connectivity index (χ0v) is 9.18. The molecular weight excluding hydrogens is 228 g/mol. The molecule has 1 rings (SSSR count). The van der Waals surface area contributed by atoms with Gasteiger partial charge in [0.1, 0.15) is 0 Å². The topological polar surface area (TPSA) is 104 Å². The number of ether oxygens (including phenoxy) is 1. The van der Waals surface area contributed by atoms with Gasteiger partial charge in [0.25, 0.3) is 0 Å². The van der Waals surface area contributed by atoms with E-state index in [0.29, 0.717) is 25.3 Å². The Morgan fingerprint density at radius 3 is 2.59 bits per heavy atom. The number of hydrogen-bond acceptors (Lipinski definition) is 5. The van der Waals surface area contributed by atoms with Gasteiger partial charge >= 0.3 is 11.9 Å². The molecule has 0 fully saturated rings. The normalized spacial score (nSPS) is 17.7. The molecule has 0 aromatic carbocycles. The molecule has 0 saturated carbocycles. The Balaban J connectivity index is 2.66. The smallest absolute Gasteiger partial charge is 0.343 e. The molecule has 0 bridgehead atoms. The predicted octanol–water partition coefficient (Wildman–Crippen LogP) is 0.877. The van der Waals surface area contributed by atoms with E-state index in [2.05, 4.69) is 4.74 Å². The lowest BCUT2D eigenvalue weighted by Gasteiger charge is -1.98.